The Bertz CT molecular complexity index is 872. The summed E-state index contributed by atoms with van der Waals surface area (Å²) in [6.45, 7) is 6.29. The van der Waals surface area contributed by atoms with E-state index in [0.29, 0.717) is 16.2 Å². The molecule has 136 valence electrons. The van der Waals surface area contributed by atoms with Crippen LogP contribution in [0, 0.1) is 12.8 Å². The van der Waals surface area contributed by atoms with Crippen molar-refractivity contribution >= 4 is 34.1 Å². The molecule has 0 radical (unpaired) electrons. The smallest absolute Gasteiger partial charge is 0.236 e. The number of carbonyl (C=O) groups excluding carboxylic acids is 1. The molecule has 0 atom stereocenters. The third-order valence-electron chi connectivity index (χ3n) is 3.46. The molecule has 1 amide bonds. The number of anilines is 1. The highest BCUT2D eigenvalue weighted by molar-refractivity contribution is 7.99. The number of benzene rings is 1. The Kier molecular flexibility index (Phi) is 6.00. The van der Waals surface area contributed by atoms with Crippen LogP contribution in [0.5, 0.6) is 0 Å². The van der Waals surface area contributed by atoms with Gasteiger partial charge in [0.1, 0.15) is 11.3 Å². The lowest BCUT2D eigenvalue weighted by atomic mass is 10.1. The SMILES string of the molecule is Cc1ccc(-n2cnnc2SCC(=O)Nc2nnc(CC(C)C)s2)cc1. The van der Waals surface area contributed by atoms with Crippen molar-refractivity contribution in [3.05, 3.63) is 41.2 Å². The summed E-state index contributed by atoms with van der Waals surface area (Å²) in [6.07, 6.45) is 2.51. The fourth-order valence-corrected chi connectivity index (χ4v) is 3.92. The Morgan fingerprint density at radius 3 is 2.73 bits per heavy atom. The van der Waals surface area contributed by atoms with Gasteiger partial charge in [-0.1, -0.05) is 54.6 Å². The highest BCUT2D eigenvalue weighted by atomic mass is 32.2. The number of amides is 1. The summed E-state index contributed by atoms with van der Waals surface area (Å²) >= 11 is 2.75. The molecule has 0 spiro atoms. The largest absolute Gasteiger partial charge is 0.300 e. The van der Waals surface area contributed by atoms with Crippen molar-refractivity contribution < 1.29 is 4.79 Å². The quantitative estimate of drug-likeness (QED) is 0.625. The zero-order valence-electron chi connectivity index (χ0n) is 14.8. The first-order chi connectivity index (χ1) is 12.5. The van der Waals surface area contributed by atoms with Gasteiger partial charge in [-0.15, -0.1) is 20.4 Å². The normalized spacial score (nSPS) is 11.1. The topological polar surface area (TPSA) is 85.6 Å². The Labute approximate surface area is 160 Å². The van der Waals surface area contributed by atoms with Crippen LogP contribution in [0.15, 0.2) is 35.7 Å². The Hall–Kier alpha value is -2.26. The van der Waals surface area contributed by atoms with Crippen molar-refractivity contribution in [3.63, 3.8) is 0 Å². The molecule has 0 bridgehead atoms. The Morgan fingerprint density at radius 2 is 2.00 bits per heavy atom. The molecule has 0 fully saturated rings. The van der Waals surface area contributed by atoms with Crippen molar-refractivity contribution in [1.29, 1.82) is 0 Å². The lowest BCUT2D eigenvalue weighted by molar-refractivity contribution is -0.113. The van der Waals surface area contributed by atoms with E-state index in [0.717, 1.165) is 17.1 Å². The average molecular weight is 389 g/mol. The van der Waals surface area contributed by atoms with Crippen molar-refractivity contribution in [2.75, 3.05) is 11.1 Å². The van der Waals surface area contributed by atoms with Crippen LogP contribution < -0.4 is 5.32 Å². The number of aryl methyl sites for hydroxylation is 1. The van der Waals surface area contributed by atoms with Gasteiger partial charge in [0.05, 0.1) is 5.75 Å². The summed E-state index contributed by atoms with van der Waals surface area (Å²) in [6, 6.07) is 8.06. The van der Waals surface area contributed by atoms with Gasteiger partial charge in [-0.25, -0.2) is 0 Å². The second kappa shape index (κ2) is 8.41. The number of aromatic nitrogens is 5. The molecule has 9 heteroatoms. The second-order valence-electron chi connectivity index (χ2n) is 6.25. The van der Waals surface area contributed by atoms with Crippen molar-refractivity contribution in [1.82, 2.24) is 25.0 Å². The number of nitrogens with zero attached hydrogens (tertiary/aromatic N) is 5. The number of hydrogen-bond acceptors (Lipinski definition) is 7. The van der Waals surface area contributed by atoms with Gasteiger partial charge < -0.3 is 0 Å². The van der Waals surface area contributed by atoms with Gasteiger partial charge in [-0.05, 0) is 25.0 Å². The van der Waals surface area contributed by atoms with Gasteiger partial charge in [-0.2, -0.15) is 0 Å². The van der Waals surface area contributed by atoms with E-state index >= 15 is 0 Å². The molecule has 0 unspecified atom stereocenters. The lowest BCUT2D eigenvalue weighted by Gasteiger charge is -2.06. The molecular formula is C17H20N6OS2. The van der Waals surface area contributed by atoms with E-state index in [4.69, 9.17) is 0 Å². The van der Waals surface area contributed by atoms with E-state index in [9.17, 15) is 4.79 Å². The molecule has 0 aliphatic rings. The highest BCUT2D eigenvalue weighted by Gasteiger charge is 2.13. The maximum atomic E-state index is 12.2. The van der Waals surface area contributed by atoms with Crippen LogP contribution in [0.2, 0.25) is 0 Å². The molecule has 1 N–H and O–H groups in total. The third-order valence-corrected chi connectivity index (χ3v) is 5.26. The third kappa shape index (κ3) is 4.89. The van der Waals surface area contributed by atoms with E-state index in [1.807, 2.05) is 35.8 Å². The van der Waals surface area contributed by atoms with E-state index in [-0.39, 0.29) is 11.7 Å². The van der Waals surface area contributed by atoms with Crippen LogP contribution in [0.4, 0.5) is 5.13 Å². The first-order valence-corrected chi connectivity index (χ1v) is 10.0. The van der Waals surface area contributed by atoms with E-state index in [2.05, 4.69) is 39.6 Å². The standard InChI is InChI=1S/C17H20N6OS2/c1-11(2)8-15-20-21-16(26-15)19-14(24)9-25-17-22-18-10-23(17)13-6-4-12(3)5-7-13/h4-7,10-11H,8-9H2,1-3H3,(H,19,21,24). The summed E-state index contributed by atoms with van der Waals surface area (Å²) in [7, 11) is 0. The monoisotopic (exact) mass is 388 g/mol. The maximum Gasteiger partial charge on any atom is 0.236 e. The number of hydrogen-bond donors (Lipinski definition) is 1. The minimum atomic E-state index is -0.138. The fraction of sp³-hybridized carbons (Fsp3) is 0.353. The average Bonchev–Trinajstić information content (AvgIpc) is 3.22. The zero-order chi connectivity index (χ0) is 18.5. The van der Waals surface area contributed by atoms with Crippen LogP contribution >= 0.6 is 23.1 Å². The molecule has 7 nitrogen and oxygen atoms in total. The molecule has 3 rings (SSSR count). The summed E-state index contributed by atoms with van der Waals surface area (Å²) in [5.41, 5.74) is 2.15. The number of carbonyl (C=O) groups is 1. The minimum absolute atomic E-state index is 0.138. The molecule has 0 aliphatic carbocycles. The Balaban J connectivity index is 1.58. The summed E-state index contributed by atoms with van der Waals surface area (Å²) in [4.78, 5) is 12.2. The van der Waals surface area contributed by atoms with Gasteiger partial charge in [0.25, 0.3) is 0 Å². The lowest BCUT2D eigenvalue weighted by Crippen LogP contribution is -2.14. The van der Waals surface area contributed by atoms with Crippen LogP contribution in [-0.2, 0) is 11.2 Å². The fourth-order valence-electron chi connectivity index (χ4n) is 2.23. The Morgan fingerprint density at radius 1 is 1.23 bits per heavy atom. The van der Waals surface area contributed by atoms with E-state index < -0.39 is 0 Å². The van der Waals surface area contributed by atoms with Crippen LogP contribution in [0.25, 0.3) is 5.69 Å². The summed E-state index contributed by atoms with van der Waals surface area (Å²) < 4.78 is 1.86. The number of rotatable bonds is 7. The van der Waals surface area contributed by atoms with E-state index in [1.54, 1.807) is 6.33 Å². The number of thioether (sulfide) groups is 1. The molecule has 2 heterocycles. The van der Waals surface area contributed by atoms with Gasteiger partial charge >= 0.3 is 0 Å². The summed E-state index contributed by atoms with van der Waals surface area (Å²) in [5.74, 6) is 0.597. The molecule has 0 aliphatic heterocycles. The van der Waals surface area contributed by atoms with Crippen LogP contribution in [0.3, 0.4) is 0 Å². The molecule has 3 aromatic rings. The van der Waals surface area contributed by atoms with E-state index in [1.165, 1.54) is 28.7 Å². The predicted molar refractivity (Wildman–Crippen MR) is 104 cm³/mol. The van der Waals surface area contributed by atoms with Crippen LogP contribution in [0.1, 0.15) is 24.4 Å². The first-order valence-electron chi connectivity index (χ1n) is 8.23. The molecule has 26 heavy (non-hydrogen) atoms. The van der Waals surface area contributed by atoms with Gasteiger partial charge in [0, 0.05) is 12.1 Å². The minimum Gasteiger partial charge on any atom is -0.300 e. The molecular weight excluding hydrogens is 368 g/mol. The molecule has 2 aromatic heterocycles. The predicted octanol–water partition coefficient (Wildman–Crippen LogP) is 3.36. The second-order valence-corrected chi connectivity index (χ2v) is 8.26. The van der Waals surface area contributed by atoms with Crippen LogP contribution in [-0.4, -0.2) is 36.6 Å². The van der Waals surface area contributed by atoms with Gasteiger partial charge in [-0.3, -0.25) is 14.7 Å². The molecule has 0 saturated carbocycles. The zero-order valence-corrected chi connectivity index (χ0v) is 16.5. The van der Waals surface area contributed by atoms with Gasteiger partial charge in [0.2, 0.25) is 11.0 Å². The first kappa shape index (κ1) is 18.5. The highest BCUT2D eigenvalue weighted by Crippen LogP contribution is 2.21. The van der Waals surface area contributed by atoms with Gasteiger partial charge in [0.15, 0.2) is 5.16 Å². The molecule has 1 aromatic carbocycles. The molecule has 0 saturated heterocycles. The van der Waals surface area contributed by atoms with Crippen molar-refractivity contribution in [3.8, 4) is 5.69 Å². The maximum absolute atomic E-state index is 12.2. The van der Waals surface area contributed by atoms with Crippen molar-refractivity contribution in [2.24, 2.45) is 5.92 Å². The van der Waals surface area contributed by atoms with Crippen molar-refractivity contribution in [2.45, 2.75) is 32.3 Å². The number of nitrogens with one attached hydrogen (secondary N) is 1. The summed E-state index contributed by atoms with van der Waals surface area (Å²) in [5, 5.41) is 21.1.